The number of hydrogen-bond donors (Lipinski definition) is 1. The number of carbonyl (C=O) groups excluding carboxylic acids is 2. The Balaban J connectivity index is 2.06. The SMILES string of the molecule is CCNC(=O)[C@@H](Cc1ccccc1)N(Cc1ccccc1C)C(=O)CN(c1ccc(C)c(Cl)c1)S(C)(=O)=O. The van der Waals surface area contributed by atoms with Crippen LogP contribution in [0, 0.1) is 13.8 Å². The zero-order chi connectivity index (χ0) is 27.9. The van der Waals surface area contributed by atoms with Crippen LogP contribution in [-0.2, 0) is 32.6 Å². The summed E-state index contributed by atoms with van der Waals surface area (Å²) in [5.74, 6) is -0.801. The predicted octanol–water partition coefficient (Wildman–Crippen LogP) is 4.50. The fourth-order valence-corrected chi connectivity index (χ4v) is 5.18. The Bertz CT molecular complexity index is 1380. The molecule has 3 aromatic carbocycles. The summed E-state index contributed by atoms with van der Waals surface area (Å²) in [6.45, 7) is 5.63. The zero-order valence-electron chi connectivity index (χ0n) is 22.1. The van der Waals surface area contributed by atoms with Crippen LogP contribution in [-0.4, -0.2) is 50.5 Å². The van der Waals surface area contributed by atoms with Gasteiger partial charge in [-0.05, 0) is 55.2 Å². The number of amides is 2. The number of rotatable bonds is 11. The summed E-state index contributed by atoms with van der Waals surface area (Å²) in [6.07, 6.45) is 1.32. The number of nitrogens with one attached hydrogen (secondary N) is 1. The van der Waals surface area contributed by atoms with Gasteiger partial charge in [-0.15, -0.1) is 0 Å². The minimum absolute atomic E-state index is 0.145. The summed E-state index contributed by atoms with van der Waals surface area (Å²) in [6, 6.07) is 21.1. The molecule has 3 rings (SSSR count). The Morgan fingerprint density at radius 1 is 0.947 bits per heavy atom. The van der Waals surface area contributed by atoms with E-state index >= 15 is 0 Å². The smallest absolute Gasteiger partial charge is 0.244 e. The van der Waals surface area contributed by atoms with E-state index in [0.717, 1.165) is 32.8 Å². The van der Waals surface area contributed by atoms with Crippen molar-refractivity contribution < 1.29 is 18.0 Å². The second-order valence-corrected chi connectivity index (χ2v) is 11.6. The van der Waals surface area contributed by atoms with E-state index < -0.39 is 28.5 Å². The van der Waals surface area contributed by atoms with Gasteiger partial charge in [-0.2, -0.15) is 0 Å². The van der Waals surface area contributed by atoms with Gasteiger partial charge in [-0.25, -0.2) is 8.42 Å². The average molecular weight is 556 g/mol. The van der Waals surface area contributed by atoms with Crippen LogP contribution >= 0.6 is 11.6 Å². The molecule has 1 N–H and O–H groups in total. The second kappa shape index (κ2) is 12.9. The highest BCUT2D eigenvalue weighted by Crippen LogP contribution is 2.26. The monoisotopic (exact) mass is 555 g/mol. The maximum atomic E-state index is 14.0. The number of carbonyl (C=O) groups is 2. The van der Waals surface area contributed by atoms with E-state index in [1.165, 1.54) is 11.0 Å². The summed E-state index contributed by atoms with van der Waals surface area (Å²) in [7, 11) is -3.85. The van der Waals surface area contributed by atoms with Gasteiger partial charge in [0.05, 0.1) is 11.9 Å². The van der Waals surface area contributed by atoms with Crippen molar-refractivity contribution in [1.29, 1.82) is 0 Å². The van der Waals surface area contributed by atoms with Gasteiger partial charge >= 0.3 is 0 Å². The van der Waals surface area contributed by atoms with Crippen molar-refractivity contribution in [3.05, 3.63) is 100 Å². The van der Waals surface area contributed by atoms with Crippen molar-refractivity contribution in [3.8, 4) is 0 Å². The van der Waals surface area contributed by atoms with E-state index in [9.17, 15) is 18.0 Å². The Hall–Kier alpha value is -3.36. The lowest BCUT2D eigenvalue weighted by atomic mass is 10.0. The predicted molar refractivity (Wildman–Crippen MR) is 153 cm³/mol. The fraction of sp³-hybridized carbons (Fsp3) is 0.310. The van der Waals surface area contributed by atoms with Crippen LogP contribution in [0.15, 0.2) is 72.8 Å². The normalized spacial score (nSPS) is 12.0. The van der Waals surface area contributed by atoms with E-state index in [4.69, 9.17) is 11.6 Å². The first-order chi connectivity index (χ1) is 18.0. The van der Waals surface area contributed by atoms with Crippen LogP contribution in [0.4, 0.5) is 5.69 Å². The standard InChI is InChI=1S/C29H34ClN3O4S/c1-5-31-29(35)27(17-23-12-7-6-8-13-23)32(19-24-14-10-9-11-21(24)2)28(34)20-33(38(4,36)37)25-16-15-22(3)26(30)18-25/h6-16,18,27H,5,17,19-20H2,1-4H3,(H,31,35)/t27-/m1/s1. The van der Waals surface area contributed by atoms with E-state index in [0.29, 0.717) is 11.6 Å². The Morgan fingerprint density at radius 3 is 2.21 bits per heavy atom. The number of anilines is 1. The van der Waals surface area contributed by atoms with Crippen LogP contribution < -0.4 is 9.62 Å². The van der Waals surface area contributed by atoms with Gasteiger partial charge in [-0.3, -0.25) is 13.9 Å². The van der Waals surface area contributed by atoms with E-state index in [1.807, 2.05) is 75.4 Å². The minimum Gasteiger partial charge on any atom is -0.355 e. The Kier molecular flexibility index (Phi) is 9.94. The highest BCUT2D eigenvalue weighted by molar-refractivity contribution is 7.92. The number of halogens is 1. The first kappa shape index (κ1) is 29.2. The molecule has 0 saturated carbocycles. The highest BCUT2D eigenvalue weighted by atomic mass is 35.5. The average Bonchev–Trinajstić information content (AvgIpc) is 2.87. The molecule has 9 heteroatoms. The summed E-state index contributed by atoms with van der Waals surface area (Å²) in [5, 5.41) is 3.24. The lowest BCUT2D eigenvalue weighted by molar-refractivity contribution is -0.140. The molecule has 0 fully saturated rings. The molecule has 2 amide bonds. The van der Waals surface area contributed by atoms with Crippen LogP contribution in [0.25, 0.3) is 0 Å². The first-order valence-corrected chi connectivity index (χ1v) is 14.6. The quantitative estimate of drug-likeness (QED) is 0.377. The van der Waals surface area contributed by atoms with Gasteiger partial charge in [0, 0.05) is 24.5 Å². The molecule has 1 atom stereocenters. The molecular weight excluding hydrogens is 522 g/mol. The molecule has 0 aliphatic heterocycles. The van der Waals surface area contributed by atoms with Gasteiger partial charge in [-0.1, -0.05) is 72.3 Å². The van der Waals surface area contributed by atoms with E-state index in [2.05, 4.69) is 5.32 Å². The topological polar surface area (TPSA) is 86.8 Å². The molecule has 38 heavy (non-hydrogen) atoms. The molecule has 0 radical (unpaired) electrons. The van der Waals surface area contributed by atoms with Crippen LogP contribution in [0.1, 0.15) is 29.2 Å². The third kappa shape index (κ3) is 7.58. The lowest BCUT2D eigenvalue weighted by Gasteiger charge is -2.33. The molecule has 0 saturated heterocycles. The number of likely N-dealkylation sites (N-methyl/N-ethyl adjacent to an activating group) is 1. The molecule has 0 heterocycles. The van der Waals surface area contributed by atoms with Crippen LogP contribution in [0.3, 0.4) is 0 Å². The molecule has 0 aromatic heterocycles. The molecule has 0 aliphatic rings. The zero-order valence-corrected chi connectivity index (χ0v) is 23.7. The largest absolute Gasteiger partial charge is 0.355 e. The summed E-state index contributed by atoms with van der Waals surface area (Å²) in [5.41, 5.74) is 3.79. The fourth-order valence-electron chi connectivity index (χ4n) is 4.17. The number of hydrogen-bond acceptors (Lipinski definition) is 4. The third-order valence-corrected chi connectivity index (χ3v) is 7.89. The minimum atomic E-state index is -3.85. The van der Waals surface area contributed by atoms with Crippen molar-refractivity contribution in [3.63, 3.8) is 0 Å². The second-order valence-electron chi connectivity index (χ2n) is 9.25. The molecule has 7 nitrogen and oxygen atoms in total. The van der Waals surface area contributed by atoms with Crippen molar-refractivity contribution in [2.24, 2.45) is 0 Å². The number of aryl methyl sites for hydroxylation is 2. The van der Waals surface area contributed by atoms with Crippen molar-refractivity contribution >= 4 is 39.1 Å². The molecule has 3 aromatic rings. The Morgan fingerprint density at radius 2 is 1.61 bits per heavy atom. The maximum absolute atomic E-state index is 14.0. The van der Waals surface area contributed by atoms with Crippen LogP contribution in [0.5, 0.6) is 0 Å². The van der Waals surface area contributed by atoms with Gasteiger partial charge in [0.15, 0.2) is 0 Å². The number of sulfonamides is 1. The van der Waals surface area contributed by atoms with Gasteiger partial charge < -0.3 is 10.2 Å². The molecule has 0 spiro atoms. The number of nitrogens with zero attached hydrogens (tertiary/aromatic N) is 2. The molecule has 0 bridgehead atoms. The van der Waals surface area contributed by atoms with Crippen molar-refractivity contribution in [2.75, 3.05) is 23.7 Å². The number of benzene rings is 3. The third-order valence-electron chi connectivity index (χ3n) is 6.35. The van der Waals surface area contributed by atoms with E-state index in [1.54, 1.807) is 12.1 Å². The van der Waals surface area contributed by atoms with E-state index in [-0.39, 0.29) is 24.6 Å². The Labute approximate surface area is 230 Å². The lowest BCUT2D eigenvalue weighted by Crippen LogP contribution is -2.53. The van der Waals surface area contributed by atoms with Gasteiger partial charge in [0.25, 0.3) is 0 Å². The van der Waals surface area contributed by atoms with Crippen LogP contribution in [0.2, 0.25) is 5.02 Å². The van der Waals surface area contributed by atoms with Crippen molar-refractivity contribution in [1.82, 2.24) is 10.2 Å². The summed E-state index contributed by atoms with van der Waals surface area (Å²) >= 11 is 6.28. The molecule has 0 aliphatic carbocycles. The van der Waals surface area contributed by atoms with Crippen molar-refractivity contribution in [2.45, 2.75) is 39.8 Å². The van der Waals surface area contributed by atoms with Gasteiger partial charge in [0.2, 0.25) is 21.8 Å². The molecule has 202 valence electrons. The molecule has 0 unspecified atom stereocenters. The maximum Gasteiger partial charge on any atom is 0.244 e. The summed E-state index contributed by atoms with van der Waals surface area (Å²) < 4.78 is 26.7. The first-order valence-electron chi connectivity index (χ1n) is 12.4. The molecular formula is C29H34ClN3O4S. The highest BCUT2D eigenvalue weighted by Gasteiger charge is 2.33. The van der Waals surface area contributed by atoms with Gasteiger partial charge in [0.1, 0.15) is 12.6 Å². The summed E-state index contributed by atoms with van der Waals surface area (Å²) in [4.78, 5) is 28.8.